The Bertz CT molecular complexity index is 463. The first-order chi connectivity index (χ1) is 8.28. The second-order valence-electron chi connectivity index (χ2n) is 3.72. The van der Waals surface area contributed by atoms with Gasteiger partial charge in [0.2, 0.25) is 0 Å². The number of hydrogen-bond acceptors (Lipinski definition) is 6. The third-order valence-corrected chi connectivity index (χ3v) is 4.10. The summed E-state index contributed by atoms with van der Waals surface area (Å²) in [6, 6.07) is 0. The topological polar surface area (TPSA) is 63.8 Å². The zero-order valence-corrected chi connectivity index (χ0v) is 11.4. The van der Waals surface area contributed by atoms with E-state index in [1.807, 2.05) is 13.1 Å². The maximum Gasteiger partial charge on any atom is 0.0941 e. The number of nitrogens with zero attached hydrogens (tertiary/aromatic N) is 2. The molecular formula is C11H16N4S2. The molecule has 6 heteroatoms. The van der Waals surface area contributed by atoms with Crippen LogP contribution in [0.25, 0.3) is 0 Å². The maximum absolute atomic E-state index is 5.49. The molecule has 0 saturated carbocycles. The molecule has 0 aliphatic rings. The molecule has 0 bridgehead atoms. The van der Waals surface area contributed by atoms with Gasteiger partial charge in [0.15, 0.2) is 0 Å². The summed E-state index contributed by atoms with van der Waals surface area (Å²) in [4.78, 5) is 9.99. The van der Waals surface area contributed by atoms with E-state index in [1.165, 1.54) is 4.88 Å². The Morgan fingerprint density at radius 1 is 1.41 bits per heavy atom. The molecule has 0 aliphatic carbocycles. The number of hydrogen-bond donors (Lipinski definition) is 2. The van der Waals surface area contributed by atoms with Crippen LogP contribution in [0.5, 0.6) is 0 Å². The summed E-state index contributed by atoms with van der Waals surface area (Å²) in [6.07, 6.45) is 2.80. The molecule has 92 valence electrons. The van der Waals surface area contributed by atoms with Gasteiger partial charge in [-0.05, 0) is 13.5 Å². The van der Waals surface area contributed by atoms with Crippen LogP contribution < -0.4 is 11.1 Å². The predicted octanol–water partition coefficient (Wildman–Crippen LogP) is 1.70. The van der Waals surface area contributed by atoms with Crippen LogP contribution >= 0.6 is 22.7 Å². The molecule has 0 spiro atoms. The lowest BCUT2D eigenvalue weighted by molar-refractivity contribution is 0.686. The van der Waals surface area contributed by atoms with Crippen LogP contribution in [0.2, 0.25) is 0 Å². The van der Waals surface area contributed by atoms with Crippen molar-refractivity contribution in [1.29, 1.82) is 0 Å². The van der Waals surface area contributed by atoms with Gasteiger partial charge in [0.1, 0.15) is 0 Å². The Kier molecular flexibility index (Phi) is 4.61. The largest absolute Gasteiger partial charge is 0.330 e. The normalized spacial score (nSPS) is 10.9. The van der Waals surface area contributed by atoms with Gasteiger partial charge in [-0.3, -0.25) is 0 Å². The molecule has 2 rings (SSSR count). The molecular weight excluding hydrogens is 252 g/mol. The third-order valence-electron chi connectivity index (χ3n) is 2.23. The van der Waals surface area contributed by atoms with Gasteiger partial charge >= 0.3 is 0 Å². The lowest BCUT2D eigenvalue weighted by Crippen LogP contribution is -2.12. The molecule has 0 atom stereocenters. The minimum atomic E-state index is 0.667. The van der Waals surface area contributed by atoms with E-state index >= 15 is 0 Å². The molecule has 0 amide bonds. The van der Waals surface area contributed by atoms with Crippen LogP contribution in [0.4, 0.5) is 0 Å². The highest BCUT2D eigenvalue weighted by atomic mass is 32.1. The summed E-state index contributed by atoms with van der Waals surface area (Å²) in [6.45, 7) is 4.35. The van der Waals surface area contributed by atoms with Crippen molar-refractivity contribution < 1.29 is 0 Å². The van der Waals surface area contributed by atoms with Crippen molar-refractivity contribution in [1.82, 2.24) is 15.3 Å². The number of nitrogens with one attached hydrogen (secondary N) is 1. The second kappa shape index (κ2) is 6.20. The summed E-state index contributed by atoms with van der Waals surface area (Å²) in [7, 11) is 0. The van der Waals surface area contributed by atoms with Gasteiger partial charge < -0.3 is 11.1 Å². The molecule has 0 saturated heterocycles. The Balaban J connectivity index is 1.77. The van der Waals surface area contributed by atoms with E-state index in [0.717, 1.165) is 35.2 Å². The molecule has 3 N–H and O–H groups in total. The van der Waals surface area contributed by atoms with Crippen LogP contribution in [-0.2, 0) is 19.5 Å². The van der Waals surface area contributed by atoms with Gasteiger partial charge in [-0.2, -0.15) is 0 Å². The zero-order chi connectivity index (χ0) is 12.1. The Morgan fingerprint density at radius 2 is 2.29 bits per heavy atom. The van der Waals surface area contributed by atoms with Crippen molar-refractivity contribution >= 4 is 22.7 Å². The van der Waals surface area contributed by atoms with E-state index in [-0.39, 0.29) is 0 Å². The van der Waals surface area contributed by atoms with Crippen LogP contribution in [0, 0.1) is 6.92 Å². The highest BCUT2D eigenvalue weighted by Gasteiger charge is 2.02. The van der Waals surface area contributed by atoms with Gasteiger partial charge in [0.25, 0.3) is 0 Å². The molecule has 0 aromatic carbocycles. The average Bonchev–Trinajstić information content (AvgIpc) is 2.89. The Hall–Kier alpha value is -0.820. The van der Waals surface area contributed by atoms with E-state index in [4.69, 9.17) is 5.73 Å². The molecule has 0 radical (unpaired) electrons. The molecule has 17 heavy (non-hydrogen) atoms. The number of rotatable bonds is 6. The van der Waals surface area contributed by atoms with Crippen LogP contribution in [0.1, 0.15) is 20.6 Å². The predicted molar refractivity (Wildman–Crippen MR) is 72.3 cm³/mol. The van der Waals surface area contributed by atoms with Crippen molar-refractivity contribution in [3.8, 4) is 0 Å². The smallest absolute Gasteiger partial charge is 0.0941 e. The quantitative estimate of drug-likeness (QED) is 0.837. The van der Waals surface area contributed by atoms with E-state index in [1.54, 1.807) is 22.7 Å². The van der Waals surface area contributed by atoms with Gasteiger partial charge in [-0.1, -0.05) is 0 Å². The fourth-order valence-electron chi connectivity index (χ4n) is 1.47. The minimum absolute atomic E-state index is 0.667. The van der Waals surface area contributed by atoms with Crippen molar-refractivity contribution in [2.24, 2.45) is 5.73 Å². The number of aryl methyl sites for hydroxylation is 1. The zero-order valence-electron chi connectivity index (χ0n) is 9.77. The highest BCUT2D eigenvalue weighted by molar-refractivity contribution is 7.11. The molecule has 0 aliphatic heterocycles. The first-order valence-electron chi connectivity index (χ1n) is 5.53. The fraction of sp³-hybridized carbons (Fsp3) is 0.455. The molecule has 4 nitrogen and oxygen atoms in total. The van der Waals surface area contributed by atoms with Crippen molar-refractivity contribution in [3.63, 3.8) is 0 Å². The fourth-order valence-corrected chi connectivity index (χ4v) is 3.05. The van der Waals surface area contributed by atoms with Crippen LogP contribution in [0.15, 0.2) is 11.6 Å². The SMILES string of the molecule is Cc1ncc(CNCc2csc(CCN)n2)s1. The average molecular weight is 268 g/mol. The number of thiazole rings is 2. The van der Waals surface area contributed by atoms with E-state index in [9.17, 15) is 0 Å². The standard InChI is InChI=1S/C11H16N4S2/c1-8-14-6-10(17-8)5-13-4-9-7-16-11(15-9)2-3-12/h6-7,13H,2-5,12H2,1H3. The molecule has 2 heterocycles. The van der Waals surface area contributed by atoms with Crippen molar-refractivity contribution in [3.05, 3.63) is 32.2 Å². The summed E-state index contributed by atoms with van der Waals surface area (Å²) in [5.74, 6) is 0. The number of nitrogens with two attached hydrogens (primary N) is 1. The van der Waals surface area contributed by atoms with Gasteiger partial charge in [0.05, 0.1) is 15.7 Å². The minimum Gasteiger partial charge on any atom is -0.330 e. The maximum atomic E-state index is 5.49. The third kappa shape index (κ3) is 3.85. The number of aromatic nitrogens is 2. The molecule has 0 fully saturated rings. The summed E-state index contributed by atoms with van der Waals surface area (Å²) in [5, 5.41) is 7.70. The van der Waals surface area contributed by atoms with Crippen LogP contribution in [-0.4, -0.2) is 16.5 Å². The Morgan fingerprint density at radius 3 is 3.00 bits per heavy atom. The lowest BCUT2D eigenvalue weighted by atomic mass is 10.4. The lowest BCUT2D eigenvalue weighted by Gasteiger charge is -1.99. The second-order valence-corrected chi connectivity index (χ2v) is 5.98. The summed E-state index contributed by atoms with van der Waals surface area (Å²) >= 11 is 3.41. The van der Waals surface area contributed by atoms with Gasteiger partial charge in [0, 0.05) is 36.0 Å². The first kappa shape index (κ1) is 12.6. The van der Waals surface area contributed by atoms with E-state index < -0.39 is 0 Å². The molecule has 2 aromatic heterocycles. The van der Waals surface area contributed by atoms with Gasteiger partial charge in [-0.15, -0.1) is 22.7 Å². The summed E-state index contributed by atoms with van der Waals surface area (Å²) < 4.78 is 0. The van der Waals surface area contributed by atoms with E-state index in [2.05, 4.69) is 20.7 Å². The Labute approximate surface area is 109 Å². The van der Waals surface area contributed by atoms with Crippen molar-refractivity contribution in [2.75, 3.05) is 6.54 Å². The summed E-state index contributed by atoms with van der Waals surface area (Å²) in [5.41, 5.74) is 6.59. The highest BCUT2D eigenvalue weighted by Crippen LogP contribution is 2.12. The van der Waals surface area contributed by atoms with Crippen molar-refractivity contribution in [2.45, 2.75) is 26.4 Å². The van der Waals surface area contributed by atoms with E-state index in [0.29, 0.717) is 6.54 Å². The monoisotopic (exact) mass is 268 g/mol. The molecule has 0 unspecified atom stereocenters. The first-order valence-corrected chi connectivity index (χ1v) is 7.23. The molecule has 2 aromatic rings. The van der Waals surface area contributed by atoms with Gasteiger partial charge in [-0.25, -0.2) is 9.97 Å². The van der Waals surface area contributed by atoms with Crippen LogP contribution in [0.3, 0.4) is 0 Å².